The van der Waals surface area contributed by atoms with Crippen molar-refractivity contribution in [3.63, 3.8) is 0 Å². The largest absolute Gasteiger partial charge is 0.756 e. The molecule has 76 heavy (non-hydrogen) atoms. The minimum Gasteiger partial charge on any atom is -0.756 e. The molecule has 2 N–H and O–H groups in total. The van der Waals surface area contributed by atoms with Crippen molar-refractivity contribution in [2.24, 2.45) is 0 Å². The highest BCUT2D eigenvalue weighted by Crippen LogP contribution is 2.38. The molecular weight excluding hydrogens is 960 g/mol. The summed E-state index contributed by atoms with van der Waals surface area (Å²) in [6.45, 7) is 4.71. The molecule has 0 saturated heterocycles. The average Bonchev–Trinajstić information content (AvgIpc) is 3.38. The number of phosphoric acid groups is 1. The molecule has 0 aromatic heterocycles. The third-order valence-corrected chi connectivity index (χ3v) is 17.0. The van der Waals surface area contributed by atoms with E-state index in [1.165, 1.54) is 302 Å². The molecule has 1 amide bonds. The summed E-state index contributed by atoms with van der Waals surface area (Å²) < 4.78 is 23.4. The number of likely N-dealkylation sites (N-methyl/N-ethyl adjacent to an activating group) is 1. The summed E-state index contributed by atoms with van der Waals surface area (Å²) in [5.74, 6) is -0.188. The number of nitrogens with one attached hydrogen (secondary N) is 1. The van der Waals surface area contributed by atoms with Crippen LogP contribution in [-0.2, 0) is 18.4 Å². The normalized spacial score (nSPS) is 13.7. The van der Waals surface area contributed by atoms with Crippen molar-refractivity contribution in [1.82, 2.24) is 5.32 Å². The topological polar surface area (TPSA) is 108 Å². The highest BCUT2D eigenvalue weighted by Gasteiger charge is 2.23. The van der Waals surface area contributed by atoms with Crippen LogP contribution in [-0.4, -0.2) is 68.5 Å². The summed E-state index contributed by atoms with van der Waals surface area (Å²) >= 11 is 0. The Morgan fingerprint density at radius 2 is 0.711 bits per heavy atom. The van der Waals surface area contributed by atoms with Gasteiger partial charge in [0.25, 0.3) is 7.82 Å². The Morgan fingerprint density at radius 1 is 0.447 bits per heavy atom. The first-order chi connectivity index (χ1) is 37.0. The van der Waals surface area contributed by atoms with E-state index in [-0.39, 0.29) is 19.1 Å². The van der Waals surface area contributed by atoms with E-state index in [1.54, 1.807) is 6.08 Å². The molecule has 3 atom stereocenters. The molecule has 454 valence electrons. The molecule has 0 saturated carbocycles. The Hall–Kier alpha value is -0.760. The van der Waals surface area contributed by atoms with E-state index >= 15 is 0 Å². The van der Waals surface area contributed by atoms with Gasteiger partial charge < -0.3 is 28.8 Å². The van der Waals surface area contributed by atoms with Gasteiger partial charge in [-0.3, -0.25) is 9.36 Å². The third kappa shape index (κ3) is 60.9. The molecule has 0 aromatic rings. The summed E-state index contributed by atoms with van der Waals surface area (Å²) in [7, 11) is 1.28. The minimum atomic E-state index is -4.59. The predicted octanol–water partition coefficient (Wildman–Crippen LogP) is 20.7. The molecule has 0 rings (SSSR count). The predicted molar refractivity (Wildman–Crippen MR) is 330 cm³/mol. The SMILES string of the molecule is CCCCCCCCCCCCCCCCC/C=C/C(O)C(COP(=O)([O-])OCC[N+](C)(C)C)NC(=O)CCCCCCCCCCCCCCCCCCCCCCCCCCCCCCCCCCCCCCC. The Bertz CT molecular complexity index is 1240. The van der Waals surface area contributed by atoms with E-state index in [9.17, 15) is 19.4 Å². The fourth-order valence-corrected chi connectivity index (χ4v) is 11.4. The van der Waals surface area contributed by atoms with E-state index < -0.39 is 20.0 Å². The van der Waals surface area contributed by atoms with Gasteiger partial charge in [-0.25, -0.2) is 0 Å². The number of allylic oxidation sites excluding steroid dienone is 1. The highest BCUT2D eigenvalue weighted by molar-refractivity contribution is 7.45. The Kier molecular flexibility index (Phi) is 58.3. The van der Waals surface area contributed by atoms with Crippen LogP contribution in [0.15, 0.2) is 12.2 Å². The Labute approximate surface area is 475 Å². The second kappa shape index (κ2) is 58.9. The lowest BCUT2D eigenvalue weighted by molar-refractivity contribution is -0.870. The van der Waals surface area contributed by atoms with Crippen molar-refractivity contribution in [1.29, 1.82) is 0 Å². The van der Waals surface area contributed by atoms with Crippen molar-refractivity contribution in [3.8, 4) is 0 Å². The van der Waals surface area contributed by atoms with Crippen LogP contribution in [0.1, 0.15) is 361 Å². The smallest absolute Gasteiger partial charge is 0.268 e. The molecule has 0 aliphatic heterocycles. The number of amides is 1. The zero-order valence-corrected chi connectivity index (χ0v) is 52.9. The number of rotatable bonds is 64. The second-order valence-electron chi connectivity index (χ2n) is 24.9. The molecule has 0 bridgehead atoms. The Morgan fingerprint density at radius 3 is 0.987 bits per heavy atom. The van der Waals surface area contributed by atoms with E-state index in [1.807, 2.05) is 27.2 Å². The van der Waals surface area contributed by atoms with Crippen LogP contribution in [0.3, 0.4) is 0 Å². The van der Waals surface area contributed by atoms with Crippen molar-refractivity contribution < 1.29 is 32.9 Å². The zero-order valence-electron chi connectivity index (χ0n) is 52.0. The summed E-state index contributed by atoms with van der Waals surface area (Å²) in [4.78, 5) is 25.6. The number of carbonyl (C=O) groups is 1. The lowest BCUT2D eigenvalue weighted by Crippen LogP contribution is -2.45. The number of phosphoric ester groups is 1. The van der Waals surface area contributed by atoms with E-state index in [0.29, 0.717) is 17.4 Å². The monoisotopic (exact) mass is 1100 g/mol. The van der Waals surface area contributed by atoms with Crippen LogP contribution in [0.25, 0.3) is 0 Å². The van der Waals surface area contributed by atoms with Crippen molar-refractivity contribution in [2.75, 3.05) is 40.9 Å². The number of hydrogen-bond acceptors (Lipinski definition) is 6. The van der Waals surface area contributed by atoms with E-state index in [2.05, 4.69) is 19.2 Å². The molecule has 8 nitrogen and oxygen atoms in total. The van der Waals surface area contributed by atoms with Crippen LogP contribution in [0.5, 0.6) is 0 Å². The number of quaternary nitrogens is 1. The molecule has 0 aromatic carbocycles. The summed E-state index contributed by atoms with van der Waals surface area (Å²) in [6, 6.07) is -0.882. The molecule has 0 aliphatic rings. The van der Waals surface area contributed by atoms with Crippen molar-refractivity contribution in [2.45, 2.75) is 373 Å². The first-order valence-electron chi connectivity index (χ1n) is 34.1. The van der Waals surface area contributed by atoms with Gasteiger partial charge >= 0.3 is 0 Å². The lowest BCUT2D eigenvalue weighted by Gasteiger charge is -2.29. The number of unbranched alkanes of at least 4 members (excludes halogenated alkanes) is 51. The van der Waals surface area contributed by atoms with Crippen LogP contribution in [0, 0.1) is 0 Å². The van der Waals surface area contributed by atoms with Crippen LogP contribution < -0.4 is 10.2 Å². The minimum absolute atomic E-state index is 0.00276. The molecule has 0 aliphatic carbocycles. The van der Waals surface area contributed by atoms with Gasteiger partial charge in [-0.1, -0.05) is 347 Å². The maximum Gasteiger partial charge on any atom is 0.268 e. The van der Waals surface area contributed by atoms with Crippen LogP contribution in [0.4, 0.5) is 0 Å². The molecule has 3 unspecified atom stereocenters. The van der Waals surface area contributed by atoms with Gasteiger partial charge in [0, 0.05) is 6.42 Å². The lowest BCUT2D eigenvalue weighted by atomic mass is 10.0. The summed E-state index contributed by atoms with van der Waals surface area (Å²) in [5.41, 5.74) is 0. The van der Waals surface area contributed by atoms with Gasteiger partial charge in [0.2, 0.25) is 5.91 Å². The summed E-state index contributed by atoms with van der Waals surface area (Å²) in [6.07, 6.45) is 74.8. The number of aliphatic hydroxyl groups is 1. The number of carbonyl (C=O) groups excluding carboxylic acids is 1. The first-order valence-corrected chi connectivity index (χ1v) is 35.5. The van der Waals surface area contributed by atoms with Gasteiger partial charge in [0.1, 0.15) is 13.2 Å². The number of aliphatic hydroxyl groups excluding tert-OH is 1. The van der Waals surface area contributed by atoms with E-state index in [4.69, 9.17) is 9.05 Å². The van der Waals surface area contributed by atoms with Gasteiger partial charge in [-0.15, -0.1) is 0 Å². The Balaban J connectivity index is 3.90. The van der Waals surface area contributed by atoms with Crippen LogP contribution >= 0.6 is 7.82 Å². The van der Waals surface area contributed by atoms with Crippen LogP contribution in [0.2, 0.25) is 0 Å². The maximum absolute atomic E-state index is 13.0. The molecule has 0 radical (unpaired) electrons. The number of nitrogens with zero attached hydrogens (tertiary/aromatic N) is 1. The fraction of sp³-hybridized carbons (Fsp3) is 0.955. The van der Waals surface area contributed by atoms with Gasteiger partial charge in [-0.2, -0.15) is 0 Å². The van der Waals surface area contributed by atoms with Crippen molar-refractivity contribution in [3.05, 3.63) is 12.2 Å². The zero-order chi connectivity index (χ0) is 55.6. The average molecular weight is 1100 g/mol. The molecular formula is C67H135N2O6P. The van der Waals surface area contributed by atoms with Gasteiger partial charge in [0.15, 0.2) is 0 Å². The van der Waals surface area contributed by atoms with Gasteiger partial charge in [0.05, 0.1) is 39.9 Å². The standard InChI is InChI=1S/C67H135N2O6P/c1-6-8-10-12-14-16-18-20-22-24-25-26-27-28-29-30-31-32-33-34-35-36-37-38-39-40-41-42-43-45-47-49-51-53-55-57-59-61-67(71)68-65(64-75-76(72,73)74-63-62-69(3,4)5)66(70)60-58-56-54-52-50-48-46-44-23-21-19-17-15-13-11-9-7-2/h58,60,65-66,70H,6-57,59,61-64H2,1-5H3,(H-,68,71,72,73)/b60-58+. The maximum atomic E-state index is 13.0. The molecule has 0 spiro atoms. The molecule has 0 heterocycles. The third-order valence-electron chi connectivity index (χ3n) is 16.0. The fourth-order valence-electron chi connectivity index (χ4n) is 10.7. The van der Waals surface area contributed by atoms with E-state index in [0.717, 1.165) is 38.5 Å². The summed E-state index contributed by atoms with van der Waals surface area (Å²) in [5, 5.41) is 13.9. The second-order valence-corrected chi connectivity index (χ2v) is 26.3. The molecule has 0 fully saturated rings. The quantitative estimate of drug-likeness (QED) is 0.0272. The molecule has 9 heteroatoms. The first kappa shape index (κ1) is 75.2. The van der Waals surface area contributed by atoms with Crippen molar-refractivity contribution >= 4 is 13.7 Å². The highest BCUT2D eigenvalue weighted by atomic mass is 31.2. The van der Waals surface area contributed by atoms with Gasteiger partial charge in [-0.05, 0) is 19.3 Å². The number of hydrogen-bond donors (Lipinski definition) is 2.